The first-order chi connectivity index (χ1) is 14.5. The molecular formula is C25H30N2O2S. The Kier molecular flexibility index (Phi) is 6.23. The molecule has 0 aromatic heterocycles. The SMILES string of the molecule is CCC(C)c1ccc(S(=O)(=O)N2CCN(Cc3cccc4ccccc34)CC2)cc1. The molecule has 0 N–H and O–H groups in total. The van der Waals surface area contributed by atoms with Crippen LogP contribution in [0.15, 0.2) is 71.6 Å². The lowest BCUT2D eigenvalue weighted by Crippen LogP contribution is -2.48. The maximum absolute atomic E-state index is 13.1. The van der Waals surface area contributed by atoms with Crippen molar-refractivity contribution in [1.29, 1.82) is 0 Å². The topological polar surface area (TPSA) is 40.6 Å². The number of benzene rings is 3. The van der Waals surface area contributed by atoms with Crippen LogP contribution in [-0.2, 0) is 16.6 Å². The van der Waals surface area contributed by atoms with E-state index in [0.29, 0.717) is 23.9 Å². The van der Waals surface area contributed by atoms with E-state index in [1.807, 2.05) is 12.1 Å². The van der Waals surface area contributed by atoms with Gasteiger partial charge in [-0.1, -0.05) is 68.4 Å². The van der Waals surface area contributed by atoms with Crippen molar-refractivity contribution in [2.75, 3.05) is 26.2 Å². The minimum absolute atomic E-state index is 0.400. The van der Waals surface area contributed by atoms with Crippen molar-refractivity contribution in [2.24, 2.45) is 0 Å². The van der Waals surface area contributed by atoms with Gasteiger partial charge in [-0.25, -0.2) is 8.42 Å². The number of sulfonamides is 1. The van der Waals surface area contributed by atoms with Crippen molar-refractivity contribution in [3.05, 3.63) is 77.9 Å². The van der Waals surface area contributed by atoms with E-state index in [1.165, 1.54) is 21.9 Å². The summed E-state index contributed by atoms with van der Waals surface area (Å²) in [5, 5.41) is 2.52. The van der Waals surface area contributed by atoms with Crippen molar-refractivity contribution in [3.8, 4) is 0 Å². The second-order valence-electron chi connectivity index (χ2n) is 8.20. The summed E-state index contributed by atoms with van der Waals surface area (Å²) in [5.41, 5.74) is 2.49. The highest BCUT2D eigenvalue weighted by atomic mass is 32.2. The van der Waals surface area contributed by atoms with E-state index >= 15 is 0 Å². The summed E-state index contributed by atoms with van der Waals surface area (Å²) in [4.78, 5) is 2.75. The zero-order valence-electron chi connectivity index (χ0n) is 17.8. The van der Waals surface area contributed by atoms with Crippen molar-refractivity contribution in [1.82, 2.24) is 9.21 Å². The number of nitrogens with zero attached hydrogens (tertiary/aromatic N) is 2. The van der Waals surface area contributed by atoms with Crippen LogP contribution >= 0.6 is 0 Å². The molecule has 158 valence electrons. The molecule has 1 saturated heterocycles. The van der Waals surface area contributed by atoms with Gasteiger partial charge < -0.3 is 0 Å². The molecule has 3 aromatic carbocycles. The Morgan fingerprint density at radius 1 is 0.867 bits per heavy atom. The fourth-order valence-electron chi connectivity index (χ4n) is 4.15. The van der Waals surface area contributed by atoms with Gasteiger partial charge >= 0.3 is 0 Å². The van der Waals surface area contributed by atoms with Crippen molar-refractivity contribution in [2.45, 2.75) is 37.6 Å². The van der Waals surface area contributed by atoms with Crippen molar-refractivity contribution in [3.63, 3.8) is 0 Å². The summed E-state index contributed by atoms with van der Waals surface area (Å²) in [6.07, 6.45) is 1.05. The third kappa shape index (κ3) is 4.29. The van der Waals surface area contributed by atoms with Gasteiger partial charge in [0.2, 0.25) is 10.0 Å². The number of fused-ring (bicyclic) bond motifs is 1. The van der Waals surface area contributed by atoms with E-state index in [1.54, 1.807) is 16.4 Å². The number of piperazine rings is 1. The van der Waals surface area contributed by atoms with E-state index in [2.05, 4.69) is 61.2 Å². The first-order valence-electron chi connectivity index (χ1n) is 10.8. The van der Waals surface area contributed by atoms with Crippen LogP contribution in [0.25, 0.3) is 10.8 Å². The van der Waals surface area contributed by atoms with Crippen LogP contribution in [0, 0.1) is 0 Å². The summed E-state index contributed by atoms with van der Waals surface area (Å²) in [6.45, 7) is 7.70. The molecule has 1 unspecified atom stereocenters. The Hall–Kier alpha value is -2.21. The van der Waals surface area contributed by atoms with Gasteiger partial charge in [0, 0.05) is 32.7 Å². The lowest BCUT2D eigenvalue weighted by atomic mass is 9.99. The summed E-state index contributed by atoms with van der Waals surface area (Å²) in [6, 6.07) is 22.3. The van der Waals surface area contributed by atoms with Gasteiger partial charge in [-0.2, -0.15) is 4.31 Å². The fraction of sp³-hybridized carbons (Fsp3) is 0.360. The minimum atomic E-state index is -3.44. The lowest BCUT2D eigenvalue weighted by Gasteiger charge is -2.34. The molecule has 4 nitrogen and oxygen atoms in total. The molecule has 1 atom stereocenters. The first-order valence-corrected chi connectivity index (χ1v) is 12.2. The smallest absolute Gasteiger partial charge is 0.243 e. The summed E-state index contributed by atoms with van der Waals surface area (Å²) < 4.78 is 27.8. The molecule has 0 saturated carbocycles. The summed E-state index contributed by atoms with van der Waals surface area (Å²) >= 11 is 0. The molecule has 1 aliphatic heterocycles. The lowest BCUT2D eigenvalue weighted by molar-refractivity contribution is 0.182. The predicted molar refractivity (Wildman–Crippen MR) is 123 cm³/mol. The molecule has 30 heavy (non-hydrogen) atoms. The van der Waals surface area contributed by atoms with Crippen LogP contribution in [0.2, 0.25) is 0 Å². The first kappa shape index (κ1) is 21.0. The highest BCUT2D eigenvalue weighted by Crippen LogP contribution is 2.24. The Balaban J connectivity index is 1.42. The molecule has 0 amide bonds. The van der Waals surface area contributed by atoms with E-state index in [-0.39, 0.29) is 0 Å². The number of hydrogen-bond donors (Lipinski definition) is 0. The third-order valence-corrected chi connectivity index (χ3v) is 8.22. The zero-order chi connectivity index (χ0) is 21.1. The highest BCUT2D eigenvalue weighted by molar-refractivity contribution is 7.89. The fourth-order valence-corrected chi connectivity index (χ4v) is 5.57. The molecule has 0 aliphatic carbocycles. The van der Waals surface area contributed by atoms with Gasteiger partial charge in [-0.05, 0) is 46.4 Å². The van der Waals surface area contributed by atoms with Crippen LogP contribution < -0.4 is 0 Å². The van der Waals surface area contributed by atoms with Gasteiger partial charge in [0.05, 0.1) is 4.90 Å². The maximum atomic E-state index is 13.1. The highest BCUT2D eigenvalue weighted by Gasteiger charge is 2.28. The Bertz CT molecular complexity index is 1100. The van der Waals surface area contributed by atoms with Crippen LogP contribution in [0.5, 0.6) is 0 Å². The Labute approximate surface area is 180 Å². The zero-order valence-corrected chi connectivity index (χ0v) is 18.6. The Morgan fingerprint density at radius 2 is 1.53 bits per heavy atom. The quantitative estimate of drug-likeness (QED) is 0.570. The summed E-state index contributed by atoms with van der Waals surface area (Å²) in [7, 11) is -3.44. The van der Waals surface area contributed by atoms with Crippen molar-refractivity contribution >= 4 is 20.8 Å². The molecule has 5 heteroatoms. The normalized spacial score (nSPS) is 17.3. The standard InChI is InChI=1S/C25H30N2O2S/c1-3-20(2)21-11-13-24(14-12-21)30(28,29)27-17-15-26(16-18-27)19-23-9-6-8-22-7-4-5-10-25(22)23/h4-14,20H,3,15-19H2,1-2H3. The number of hydrogen-bond acceptors (Lipinski definition) is 3. The van der Waals surface area contributed by atoms with E-state index < -0.39 is 10.0 Å². The molecule has 0 radical (unpaired) electrons. The summed E-state index contributed by atoms with van der Waals surface area (Å²) in [5.74, 6) is 0.444. The van der Waals surface area contributed by atoms with Crippen molar-refractivity contribution < 1.29 is 8.42 Å². The van der Waals surface area contributed by atoms with Gasteiger partial charge in [0.1, 0.15) is 0 Å². The molecule has 3 aromatic rings. The van der Waals surface area contributed by atoms with Crippen LogP contribution in [-0.4, -0.2) is 43.8 Å². The minimum Gasteiger partial charge on any atom is -0.296 e. The second kappa shape index (κ2) is 8.88. The van der Waals surface area contributed by atoms with E-state index in [4.69, 9.17) is 0 Å². The van der Waals surface area contributed by atoms with Gasteiger partial charge in [0.25, 0.3) is 0 Å². The second-order valence-corrected chi connectivity index (χ2v) is 10.1. The molecular weight excluding hydrogens is 392 g/mol. The van der Waals surface area contributed by atoms with E-state index in [9.17, 15) is 8.42 Å². The van der Waals surface area contributed by atoms with Gasteiger partial charge in [0.15, 0.2) is 0 Å². The molecule has 4 rings (SSSR count). The predicted octanol–water partition coefficient (Wildman–Crippen LogP) is 4.86. The van der Waals surface area contributed by atoms with Crippen LogP contribution in [0.3, 0.4) is 0 Å². The molecule has 0 spiro atoms. The Morgan fingerprint density at radius 3 is 2.23 bits per heavy atom. The monoisotopic (exact) mass is 422 g/mol. The molecule has 1 aliphatic rings. The van der Waals surface area contributed by atoms with Crippen LogP contribution in [0.4, 0.5) is 0 Å². The van der Waals surface area contributed by atoms with E-state index in [0.717, 1.165) is 26.1 Å². The largest absolute Gasteiger partial charge is 0.296 e. The van der Waals surface area contributed by atoms with Crippen LogP contribution in [0.1, 0.15) is 37.3 Å². The average molecular weight is 423 g/mol. The number of rotatable bonds is 6. The molecule has 1 heterocycles. The van der Waals surface area contributed by atoms with Gasteiger partial charge in [-0.3, -0.25) is 4.90 Å². The third-order valence-electron chi connectivity index (χ3n) is 6.30. The maximum Gasteiger partial charge on any atom is 0.243 e. The molecule has 0 bridgehead atoms. The average Bonchev–Trinajstić information content (AvgIpc) is 2.79. The molecule has 1 fully saturated rings. The van der Waals surface area contributed by atoms with Gasteiger partial charge in [-0.15, -0.1) is 0 Å².